The predicted octanol–water partition coefficient (Wildman–Crippen LogP) is 4.57. The van der Waals surface area contributed by atoms with E-state index in [2.05, 4.69) is 10.6 Å². The number of esters is 1. The number of amides is 2. The van der Waals surface area contributed by atoms with Gasteiger partial charge in [-0.25, -0.2) is 4.79 Å². The molecule has 0 radical (unpaired) electrons. The standard InChI is InChI=1S/C25H33N3O4/c1-4-14-28(15-5-2)24(30)20-8-7-9-22(17-20)27-23(29)18-26-21-12-10-19(11-13-21)25(31)32-16-6-3/h7-13,17,26H,4-6,14-16,18H2,1-3H3,(H,27,29). The van der Waals surface area contributed by atoms with Gasteiger partial charge in [-0.1, -0.05) is 26.8 Å². The van der Waals surface area contributed by atoms with Crippen LogP contribution in [0.25, 0.3) is 0 Å². The second-order valence-corrected chi connectivity index (χ2v) is 7.49. The van der Waals surface area contributed by atoms with Crippen LogP contribution in [0.2, 0.25) is 0 Å². The summed E-state index contributed by atoms with van der Waals surface area (Å²) in [6.07, 6.45) is 2.57. The van der Waals surface area contributed by atoms with Crippen molar-refractivity contribution >= 4 is 29.2 Å². The van der Waals surface area contributed by atoms with Crippen LogP contribution in [0.4, 0.5) is 11.4 Å². The van der Waals surface area contributed by atoms with Crippen molar-refractivity contribution in [3.63, 3.8) is 0 Å². The van der Waals surface area contributed by atoms with E-state index in [0.717, 1.165) is 19.3 Å². The lowest BCUT2D eigenvalue weighted by Crippen LogP contribution is -2.32. The molecule has 7 heteroatoms. The topological polar surface area (TPSA) is 87.7 Å². The van der Waals surface area contributed by atoms with Crippen LogP contribution in [0.3, 0.4) is 0 Å². The van der Waals surface area contributed by atoms with Gasteiger partial charge in [0.2, 0.25) is 5.91 Å². The second kappa shape index (κ2) is 13.1. The van der Waals surface area contributed by atoms with E-state index in [0.29, 0.717) is 42.2 Å². The lowest BCUT2D eigenvalue weighted by atomic mass is 10.1. The number of rotatable bonds is 12. The number of hydrogen-bond donors (Lipinski definition) is 2. The van der Waals surface area contributed by atoms with E-state index in [4.69, 9.17) is 4.74 Å². The lowest BCUT2D eigenvalue weighted by Gasteiger charge is -2.21. The zero-order chi connectivity index (χ0) is 23.3. The first-order chi connectivity index (χ1) is 15.5. The second-order valence-electron chi connectivity index (χ2n) is 7.49. The van der Waals surface area contributed by atoms with Crippen LogP contribution in [0.5, 0.6) is 0 Å². The molecule has 0 aliphatic heterocycles. The molecule has 0 aromatic heterocycles. The SMILES string of the molecule is CCCOC(=O)c1ccc(NCC(=O)Nc2cccc(C(=O)N(CCC)CCC)c2)cc1. The maximum Gasteiger partial charge on any atom is 0.338 e. The van der Waals surface area contributed by atoms with Gasteiger partial charge in [-0.2, -0.15) is 0 Å². The van der Waals surface area contributed by atoms with Crippen molar-refractivity contribution in [3.8, 4) is 0 Å². The van der Waals surface area contributed by atoms with E-state index in [1.54, 1.807) is 48.5 Å². The zero-order valence-corrected chi connectivity index (χ0v) is 19.1. The molecule has 0 fully saturated rings. The van der Waals surface area contributed by atoms with Crippen molar-refractivity contribution in [1.29, 1.82) is 0 Å². The quantitative estimate of drug-likeness (QED) is 0.473. The van der Waals surface area contributed by atoms with Crippen LogP contribution in [-0.2, 0) is 9.53 Å². The first-order valence-electron chi connectivity index (χ1n) is 11.2. The maximum atomic E-state index is 12.8. The fraction of sp³-hybridized carbons (Fsp3) is 0.400. The van der Waals surface area contributed by atoms with Crippen LogP contribution in [0.1, 0.15) is 60.7 Å². The highest BCUT2D eigenvalue weighted by Gasteiger charge is 2.15. The molecule has 2 aromatic rings. The van der Waals surface area contributed by atoms with E-state index in [1.807, 2.05) is 25.7 Å². The molecule has 32 heavy (non-hydrogen) atoms. The Morgan fingerprint density at radius 2 is 1.53 bits per heavy atom. The number of carbonyl (C=O) groups is 3. The molecule has 2 N–H and O–H groups in total. The minimum Gasteiger partial charge on any atom is -0.462 e. The molecule has 0 saturated heterocycles. The fourth-order valence-corrected chi connectivity index (χ4v) is 3.16. The highest BCUT2D eigenvalue weighted by molar-refractivity contribution is 5.98. The van der Waals surface area contributed by atoms with E-state index >= 15 is 0 Å². The van der Waals surface area contributed by atoms with Gasteiger partial charge in [0, 0.05) is 30.0 Å². The summed E-state index contributed by atoms with van der Waals surface area (Å²) in [5, 5.41) is 5.84. The van der Waals surface area contributed by atoms with Crippen molar-refractivity contribution in [3.05, 3.63) is 59.7 Å². The number of nitrogens with zero attached hydrogens (tertiary/aromatic N) is 1. The molecule has 0 atom stereocenters. The number of nitrogens with one attached hydrogen (secondary N) is 2. The van der Waals surface area contributed by atoms with Crippen molar-refractivity contribution in [1.82, 2.24) is 4.90 Å². The number of benzene rings is 2. The van der Waals surface area contributed by atoms with Gasteiger partial charge in [0.1, 0.15) is 0 Å². The lowest BCUT2D eigenvalue weighted by molar-refractivity contribution is -0.114. The normalized spacial score (nSPS) is 10.3. The van der Waals surface area contributed by atoms with E-state index in [-0.39, 0.29) is 24.3 Å². The Kier molecular flexibility index (Phi) is 10.2. The predicted molar refractivity (Wildman–Crippen MR) is 127 cm³/mol. The third kappa shape index (κ3) is 7.72. The summed E-state index contributed by atoms with van der Waals surface area (Å²) in [7, 11) is 0. The van der Waals surface area contributed by atoms with Crippen LogP contribution in [-0.4, -0.2) is 48.9 Å². The van der Waals surface area contributed by atoms with Crippen LogP contribution >= 0.6 is 0 Å². The fourth-order valence-electron chi connectivity index (χ4n) is 3.16. The Hall–Kier alpha value is -3.35. The van der Waals surface area contributed by atoms with Crippen LogP contribution in [0.15, 0.2) is 48.5 Å². The molecular formula is C25H33N3O4. The average molecular weight is 440 g/mol. The summed E-state index contributed by atoms with van der Waals surface area (Å²) in [5.41, 5.74) is 2.31. The highest BCUT2D eigenvalue weighted by atomic mass is 16.5. The average Bonchev–Trinajstić information content (AvgIpc) is 2.81. The Bertz CT molecular complexity index is 890. The maximum absolute atomic E-state index is 12.8. The van der Waals surface area contributed by atoms with Crippen molar-refractivity contribution in [2.45, 2.75) is 40.0 Å². The molecule has 7 nitrogen and oxygen atoms in total. The van der Waals surface area contributed by atoms with Gasteiger partial charge in [0.15, 0.2) is 0 Å². The van der Waals surface area contributed by atoms with E-state index in [1.165, 1.54) is 0 Å². The minimum atomic E-state index is -0.359. The van der Waals surface area contributed by atoms with Crippen molar-refractivity contribution < 1.29 is 19.1 Å². The molecule has 0 saturated carbocycles. The Labute approximate surface area is 190 Å². The Balaban J connectivity index is 1.91. The number of hydrogen-bond acceptors (Lipinski definition) is 5. The Morgan fingerprint density at radius 1 is 0.844 bits per heavy atom. The van der Waals surface area contributed by atoms with Gasteiger partial charge in [0.05, 0.1) is 18.7 Å². The smallest absolute Gasteiger partial charge is 0.338 e. The van der Waals surface area contributed by atoms with E-state index in [9.17, 15) is 14.4 Å². The molecular weight excluding hydrogens is 406 g/mol. The molecule has 2 aromatic carbocycles. The van der Waals surface area contributed by atoms with Gasteiger partial charge in [-0.3, -0.25) is 9.59 Å². The number of ether oxygens (including phenoxy) is 1. The van der Waals surface area contributed by atoms with Crippen molar-refractivity contribution in [2.75, 3.05) is 36.9 Å². The molecule has 2 rings (SSSR count). The highest BCUT2D eigenvalue weighted by Crippen LogP contribution is 2.14. The third-order valence-corrected chi connectivity index (χ3v) is 4.68. The minimum absolute atomic E-state index is 0.0273. The monoisotopic (exact) mass is 439 g/mol. The first kappa shape index (κ1) is 24.9. The molecule has 0 spiro atoms. The molecule has 2 amide bonds. The summed E-state index contributed by atoms with van der Waals surface area (Å²) in [6.45, 7) is 7.89. The largest absolute Gasteiger partial charge is 0.462 e. The molecule has 172 valence electrons. The molecule has 0 aliphatic carbocycles. The molecule has 0 unspecified atom stereocenters. The van der Waals surface area contributed by atoms with Gasteiger partial charge in [-0.15, -0.1) is 0 Å². The molecule has 0 heterocycles. The summed E-state index contributed by atoms with van der Waals surface area (Å²) in [4.78, 5) is 38.8. The van der Waals surface area contributed by atoms with Gasteiger partial charge >= 0.3 is 5.97 Å². The number of anilines is 2. The van der Waals surface area contributed by atoms with Crippen molar-refractivity contribution in [2.24, 2.45) is 0 Å². The first-order valence-corrected chi connectivity index (χ1v) is 11.2. The molecule has 0 bridgehead atoms. The summed E-state index contributed by atoms with van der Waals surface area (Å²) < 4.78 is 5.10. The van der Waals surface area contributed by atoms with Gasteiger partial charge < -0.3 is 20.3 Å². The van der Waals surface area contributed by atoms with Crippen LogP contribution in [0, 0.1) is 0 Å². The zero-order valence-electron chi connectivity index (χ0n) is 19.1. The third-order valence-electron chi connectivity index (χ3n) is 4.68. The molecule has 0 aliphatic rings. The number of carbonyl (C=O) groups excluding carboxylic acids is 3. The van der Waals surface area contributed by atoms with Gasteiger partial charge in [0.25, 0.3) is 5.91 Å². The van der Waals surface area contributed by atoms with Crippen LogP contribution < -0.4 is 10.6 Å². The van der Waals surface area contributed by atoms with E-state index < -0.39 is 0 Å². The van der Waals surface area contributed by atoms with Gasteiger partial charge in [-0.05, 0) is 61.7 Å². The summed E-state index contributed by atoms with van der Waals surface area (Å²) >= 11 is 0. The summed E-state index contributed by atoms with van der Waals surface area (Å²) in [5.74, 6) is -0.623. The summed E-state index contributed by atoms with van der Waals surface area (Å²) in [6, 6.07) is 13.8. The Morgan fingerprint density at radius 3 is 2.16 bits per heavy atom.